The fraction of sp³-hybridized carbons (Fsp3) is 0.674. The second kappa shape index (κ2) is 17.2. The van der Waals surface area contributed by atoms with E-state index >= 15 is 0 Å². The van der Waals surface area contributed by atoms with Gasteiger partial charge in [-0.1, -0.05) is 41.5 Å². The number of likely N-dealkylation sites (tertiary alicyclic amines) is 1. The molecule has 0 atom stereocenters. The van der Waals surface area contributed by atoms with Gasteiger partial charge in [-0.15, -0.1) is 0 Å². The summed E-state index contributed by atoms with van der Waals surface area (Å²) in [4.78, 5) is 23.9. The molecule has 1 N–H and O–H groups in total. The largest absolute Gasteiger partial charge is 0.343 e. The highest BCUT2D eigenvalue weighted by atomic mass is 32.2. The number of amides is 1. The van der Waals surface area contributed by atoms with Crippen LogP contribution in [0, 0.1) is 34.5 Å². The number of imidazole rings is 2. The molecule has 2 aromatic heterocycles. The van der Waals surface area contributed by atoms with E-state index in [2.05, 4.69) is 56.0 Å². The Morgan fingerprint density at radius 3 is 1.41 bits per heavy atom. The van der Waals surface area contributed by atoms with Gasteiger partial charge in [-0.2, -0.15) is 0 Å². The van der Waals surface area contributed by atoms with Gasteiger partial charge in [-0.25, -0.2) is 26.8 Å². The Balaban J connectivity index is 0.000000180. The molecule has 8 rings (SSSR count). The molecule has 2 aliphatic heterocycles. The van der Waals surface area contributed by atoms with Crippen molar-refractivity contribution in [2.45, 2.75) is 136 Å². The highest BCUT2D eigenvalue weighted by molar-refractivity contribution is 7.91. The summed E-state index contributed by atoms with van der Waals surface area (Å²) in [6.07, 6.45) is 10.2. The minimum Gasteiger partial charge on any atom is -0.343 e. The molecular formula is C46H68N6O5S2. The monoisotopic (exact) mass is 848 g/mol. The third-order valence-corrected chi connectivity index (χ3v) is 16.2. The van der Waals surface area contributed by atoms with Crippen LogP contribution in [-0.2, 0) is 50.4 Å². The molecule has 2 aliphatic carbocycles. The van der Waals surface area contributed by atoms with Crippen molar-refractivity contribution < 1.29 is 21.6 Å². The Labute approximate surface area is 353 Å². The summed E-state index contributed by atoms with van der Waals surface area (Å²) < 4.78 is 56.9. The van der Waals surface area contributed by atoms with E-state index in [4.69, 9.17) is 9.97 Å². The highest BCUT2D eigenvalue weighted by Gasteiger charge is 2.30. The Morgan fingerprint density at radius 2 is 1.03 bits per heavy atom. The lowest BCUT2D eigenvalue weighted by Gasteiger charge is -2.31. The molecule has 13 heteroatoms. The first-order valence-corrected chi connectivity index (χ1v) is 25.4. The molecule has 0 bridgehead atoms. The predicted molar refractivity (Wildman–Crippen MR) is 236 cm³/mol. The molecule has 0 unspecified atom stereocenters. The topological polar surface area (TPSA) is 136 Å². The van der Waals surface area contributed by atoms with E-state index < -0.39 is 19.7 Å². The van der Waals surface area contributed by atoms with Crippen molar-refractivity contribution in [2.75, 3.05) is 37.7 Å². The fourth-order valence-corrected chi connectivity index (χ4v) is 12.2. The standard InChI is InChI=1S/C24H35N3O3S.C22H33N3O2S/c1-17(28)26-11-9-19(10-12-26)16-31(29,30)20-7-8-22-21(13-20)25-23(14-24(2,3)4)27(22)15-18-5-6-18;1-22(2,3)13-21-24-19-12-18(6-7-20(19)25(21)14-16-4-5-16)28(26,27)15-17-8-10-23-11-9-17/h7-8,13,18-19H,5-6,9-12,14-16H2,1-4H3;6-7,12,16-17,23H,4-5,8-11,13-15H2,1-3H3. The SMILES string of the molecule is CC(=O)N1CCC(CS(=O)(=O)c2ccc3c(c2)nc(CC(C)(C)C)n3CC2CC2)CC1.CC(C)(C)Cc1nc2cc(S(=O)(=O)CC3CCNCC3)ccc2n1CC1CC1. The molecule has 4 aliphatic rings. The van der Waals surface area contributed by atoms with Gasteiger partial charge in [0.1, 0.15) is 11.6 Å². The van der Waals surface area contributed by atoms with E-state index in [1.54, 1.807) is 36.1 Å². The zero-order valence-corrected chi connectivity index (χ0v) is 38.2. The first kappa shape index (κ1) is 43.8. The summed E-state index contributed by atoms with van der Waals surface area (Å²) in [6, 6.07) is 11.1. The third kappa shape index (κ3) is 11.6. The second-order valence-corrected chi connectivity index (χ2v) is 24.7. The van der Waals surface area contributed by atoms with Crippen molar-refractivity contribution >= 4 is 47.6 Å². The molecule has 2 saturated heterocycles. The highest BCUT2D eigenvalue weighted by Crippen LogP contribution is 2.36. The number of rotatable bonds is 12. The molecule has 2 saturated carbocycles. The zero-order valence-electron chi connectivity index (χ0n) is 36.6. The number of aromatic nitrogens is 4. The first-order valence-electron chi connectivity index (χ1n) is 22.1. The van der Waals surface area contributed by atoms with Gasteiger partial charge >= 0.3 is 0 Å². The van der Waals surface area contributed by atoms with Gasteiger partial charge in [-0.3, -0.25) is 4.79 Å². The van der Waals surface area contributed by atoms with E-state index in [0.29, 0.717) is 22.9 Å². The smallest absolute Gasteiger partial charge is 0.219 e. The van der Waals surface area contributed by atoms with Crippen molar-refractivity contribution in [1.29, 1.82) is 0 Å². The van der Waals surface area contributed by atoms with Crippen LogP contribution in [0.5, 0.6) is 0 Å². The summed E-state index contributed by atoms with van der Waals surface area (Å²) in [5.41, 5.74) is 3.99. The van der Waals surface area contributed by atoms with Crippen molar-refractivity contribution in [3.63, 3.8) is 0 Å². The van der Waals surface area contributed by atoms with Gasteiger partial charge in [0.25, 0.3) is 0 Å². The molecular weight excluding hydrogens is 781 g/mol. The molecule has 2 aromatic carbocycles. The van der Waals surface area contributed by atoms with E-state index in [9.17, 15) is 21.6 Å². The molecule has 4 aromatic rings. The van der Waals surface area contributed by atoms with Crippen LogP contribution in [-0.4, -0.2) is 84.4 Å². The first-order chi connectivity index (χ1) is 27.7. The van der Waals surface area contributed by atoms with Gasteiger partial charge in [0, 0.05) is 45.9 Å². The number of fused-ring (bicyclic) bond motifs is 2. The molecule has 0 spiro atoms. The molecule has 4 fully saturated rings. The third-order valence-electron chi connectivity index (χ3n) is 12.4. The normalized spacial score (nSPS) is 19.0. The van der Waals surface area contributed by atoms with E-state index in [-0.39, 0.29) is 40.1 Å². The van der Waals surface area contributed by atoms with Crippen molar-refractivity contribution in [3.05, 3.63) is 48.0 Å². The lowest BCUT2D eigenvalue weighted by molar-refractivity contribution is -0.130. The second-order valence-electron chi connectivity index (χ2n) is 20.6. The number of hydrogen-bond donors (Lipinski definition) is 1. The summed E-state index contributed by atoms with van der Waals surface area (Å²) >= 11 is 0. The Kier molecular flexibility index (Phi) is 12.8. The fourth-order valence-electron chi connectivity index (χ4n) is 8.73. The van der Waals surface area contributed by atoms with Crippen LogP contribution in [0.15, 0.2) is 46.2 Å². The van der Waals surface area contributed by atoms with Crippen molar-refractivity contribution in [3.8, 4) is 0 Å². The number of benzene rings is 2. The van der Waals surface area contributed by atoms with Gasteiger partial charge < -0.3 is 19.4 Å². The molecule has 59 heavy (non-hydrogen) atoms. The van der Waals surface area contributed by atoms with Crippen molar-refractivity contribution in [1.82, 2.24) is 29.3 Å². The number of carbonyl (C=O) groups is 1. The molecule has 11 nitrogen and oxygen atoms in total. The van der Waals surface area contributed by atoms with Crippen LogP contribution in [0.4, 0.5) is 0 Å². The van der Waals surface area contributed by atoms with Crippen LogP contribution in [0.3, 0.4) is 0 Å². The van der Waals surface area contributed by atoms with E-state index in [0.717, 1.165) is 110 Å². The molecule has 0 radical (unpaired) electrons. The maximum Gasteiger partial charge on any atom is 0.219 e. The maximum absolute atomic E-state index is 13.2. The zero-order chi connectivity index (χ0) is 42.3. The van der Waals surface area contributed by atoms with Gasteiger partial charge in [-0.05, 0) is 135 Å². The average Bonchev–Trinajstić information content (AvgIpc) is 4.08. The summed E-state index contributed by atoms with van der Waals surface area (Å²) in [7, 11) is -6.67. The Hall–Kier alpha value is -3.29. The summed E-state index contributed by atoms with van der Waals surface area (Å²) in [6.45, 7) is 20.0. The Bertz CT molecular complexity index is 2350. The molecule has 1 amide bonds. The van der Waals surface area contributed by atoms with Gasteiger partial charge in [0.15, 0.2) is 19.7 Å². The average molecular weight is 849 g/mol. The van der Waals surface area contributed by atoms with Crippen LogP contribution in [0.2, 0.25) is 0 Å². The van der Waals surface area contributed by atoms with Crippen LogP contribution in [0.25, 0.3) is 22.1 Å². The van der Waals surface area contributed by atoms with E-state index in [1.807, 2.05) is 12.1 Å². The van der Waals surface area contributed by atoms with Crippen LogP contribution >= 0.6 is 0 Å². The minimum absolute atomic E-state index is 0.0691. The summed E-state index contributed by atoms with van der Waals surface area (Å²) in [5.74, 6) is 4.42. The number of carbonyl (C=O) groups excluding carboxylic acids is 1. The Morgan fingerprint density at radius 1 is 0.627 bits per heavy atom. The number of sulfone groups is 2. The maximum atomic E-state index is 13.2. The summed E-state index contributed by atoms with van der Waals surface area (Å²) in [5, 5.41) is 3.30. The van der Waals surface area contributed by atoms with Gasteiger partial charge in [0.05, 0.1) is 43.4 Å². The molecule has 324 valence electrons. The lowest BCUT2D eigenvalue weighted by Crippen LogP contribution is -2.38. The predicted octanol–water partition coefficient (Wildman–Crippen LogP) is 7.88. The van der Waals surface area contributed by atoms with Crippen LogP contribution < -0.4 is 5.32 Å². The number of hydrogen-bond acceptors (Lipinski definition) is 8. The van der Waals surface area contributed by atoms with Crippen LogP contribution in [0.1, 0.15) is 111 Å². The van der Waals surface area contributed by atoms with E-state index in [1.165, 1.54) is 25.7 Å². The molecule has 4 heterocycles. The van der Waals surface area contributed by atoms with Crippen molar-refractivity contribution in [2.24, 2.45) is 34.5 Å². The lowest BCUT2D eigenvalue weighted by atomic mass is 9.92. The minimum atomic E-state index is -3.39. The number of nitrogens with zero attached hydrogens (tertiary/aromatic N) is 5. The number of piperidine rings is 2. The quantitative estimate of drug-likeness (QED) is 0.152. The number of nitrogens with one attached hydrogen (secondary N) is 1. The van der Waals surface area contributed by atoms with Gasteiger partial charge in [0.2, 0.25) is 5.91 Å².